The van der Waals surface area contributed by atoms with Crippen LogP contribution in [-0.4, -0.2) is 24.5 Å². The molecule has 0 heterocycles. The summed E-state index contributed by atoms with van der Waals surface area (Å²) in [5.74, 6) is -0.295. The fourth-order valence-corrected chi connectivity index (χ4v) is 2.19. The molecule has 0 saturated carbocycles. The van der Waals surface area contributed by atoms with Crippen molar-refractivity contribution in [1.29, 1.82) is 0 Å². The lowest BCUT2D eigenvalue weighted by Crippen LogP contribution is -2.12. The van der Waals surface area contributed by atoms with Gasteiger partial charge in [-0.15, -0.1) is 0 Å². The first kappa shape index (κ1) is 17.4. The monoisotopic (exact) mass is 330 g/mol. The van der Waals surface area contributed by atoms with E-state index in [1.54, 1.807) is 32.2 Å². The molecule has 0 spiro atoms. The van der Waals surface area contributed by atoms with Crippen LogP contribution >= 0.6 is 0 Å². The van der Waals surface area contributed by atoms with E-state index in [9.17, 15) is 14.9 Å². The number of benzene rings is 2. The molecule has 2 rings (SSSR count). The van der Waals surface area contributed by atoms with Crippen LogP contribution in [0, 0.1) is 10.1 Å². The number of amides is 1. The summed E-state index contributed by atoms with van der Waals surface area (Å²) in [5.41, 5.74) is 1.44. The van der Waals surface area contributed by atoms with E-state index in [2.05, 4.69) is 5.32 Å². The number of carbonyl (C=O) groups is 1. The van der Waals surface area contributed by atoms with Gasteiger partial charge in [-0.05, 0) is 36.8 Å². The topological polar surface area (TPSA) is 90.7 Å². The Labute approximate surface area is 139 Å². The SMILES string of the molecule is CCOc1ccc(C(=O)Nc2cccc(COC)c2)cc1[N+](=O)[O-]. The maximum Gasteiger partial charge on any atom is 0.311 e. The van der Waals surface area contributed by atoms with Gasteiger partial charge in [-0.1, -0.05) is 12.1 Å². The molecule has 0 aliphatic carbocycles. The van der Waals surface area contributed by atoms with E-state index < -0.39 is 10.8 Å². The van der Waals surface area contributed by atoms with Gasteiger partial charge in [-0.3, -0.25) is 14.9 Å². The molecule has 0 saturated heterocycles. The van der Waals surface area contributed by atoms with Crippen molar-refractivity contribution in [3.05, 3.63) is 63.7 Å². The van der Waals surface area contributed by atoms with Crippen LogP contribution in [0.3, 0.4) is 0 Å². The van der Waals surface area contributed by atoms with E-state index in [-0.39, 0.29) is 17.0 Å². The number of nitro benzene ring substituents is 1. The smallest absolute Gasteiger partial charge is 0.311 e. The second-order valence-electron chi connectivity index (χ2n) is 4.96. The highest BCUT2D eigenvalue weighted by Crippen LogP contribution is 2.28. The number of nitrogens with zero attached hydrogens (tertiary/aromatic N) is 1. The lowest BCUT2D eigenvalue weighted by molar-refractivity contribution is -0.385. The second-order valence-corrected chi connectivity index (χ2v) is 4.96. The summed E-state index contributed by atoms with van der Waals surface area (Å²) in [6.07, 6.45) is 0. The average Bonchev–Trinajstić information content (AvgIpc) is 2.56. The summed E-state index contributed by atoms with van der Waals surface area (Å²) < 4.78 is 10.3. The quantitative estimate of drug-likeness (QED) is 0.620. The van der Waals surface area contributed by atoms with Crippen molar-refractivity contribution in [1.82, 2.24) is 0 Å². The molecule has 2 aromatic rings. The van der Waals surface area contributed by atoms with E-state index in [1.165, 1.54) is 18.2 Å². The van der Waals surface area contributed by atoms with Crippen LogP contribution < -0.4 is 10.1 Å². The molecule has 0 unspecified atom stereocenters. The van der Waals surface area contributed by atoms with Gasteiger partial charge in [0.05, 0.1) is 18.1 Å². The molecule has 0 aliphatic heterocycles. The van der Waals surface area contributed by atoms with Crippen LogP contribution in [0.1, 0.15) is 22.8 Å². The number of nitrogens with one attached hydrogen (secondary N) is 1. The number of hydrogen-bond donors (Lipinski definition) is 1. The third kappa shape index (κ3) is 4.30. The van der Waals surface area contributed by atoms with Gasteiger partial charge in [0.25, 0.3) is 5.91 Å². The van der Waals surface area contributed by atoms with Gasteiger partial charge >= 0.3 is 5.69 Å². The largest absolute Gasteiger partial charge is 0.487 e. The number of methoxy groups -OCH3 is 1. The van der Waals surface area contributed by atoms with E-state index in [0.29, 0.717) is 18.9 Å². The van der Waals surface area contributed by atoms with Gasteiger partial charge in [0.2, 0.25) is 0 Å². The molecule has 0 fully saturated rings. The van der Waals surface area contributed by atoms with Gasteiger partial charge in [-0.25, -0.2) is 0 Å². The minimum Gasteiger partial charge on any atom is -0.487 e. The zero-order valence-corrected chi connectivity index (χ0v) is 13.4. The molecule has 0 aliphatic rings. The predicted octanol–water partition coefficient (Wildman–Crippen LogP) is 3.39. The molecule has 0 bridgehead atoms. The highest BCUT2D eigenvalue weighted by Gasteiger charge is 2.18. The minimum absolute atomic E-state index is 0.140. The molecular weight excluding hydrogens is 312 g/mol. The normalized spacial score (nSPS) is 10.2. The summed E-state index contributed by atoms with van der Waals surface area (Å²) in [5, 5.41) is 13.8. The van der Waals surface area contributed by atoms with Crippen LogP contribution in [0.2, 0.25) is 0 Å². The molecule has 7 heteroatoms. The number of hydrogen-bond acceptors (Lipinski definition) is 5. The molecule has 1 N–H and O–H groups in total. The summed E-state index contributed by atoms with van der Waals surface area (Å²) in [6.45, 7) is 2.47. The fraction of sp³-hybridized carbons (Fsp3) is 0.235. The summed E-state index contributed by atoms with van der Waals surface area (Å²) >= 11 is 0. The van der Waals surface area contributed by atoms with Crippen molar-refractivity contribution in [3.8, 4) is 5.75 Å². The van der Waals surface area contributed by atoms with Gasteiger partial charge in [-0.2, -0.15) is 0 Å². The maximum absolute atomic E-state index is 12.3. The first-order valence-electron chi connectivity index (χ1n) is 7.35. The van der Waals surface area contributed by atoms with Gasteiger partial charge in [0.1, 0.15) is 0 Å². The van der Waals surface area contributed by atoms with Crippen LogP contribution in [-0.2, 0) is 11.3 Å². The van der Waals surface area contributed by atoms with E-state index in [4.69, 9.17) is 9.47 Å². The number of rotatable bonds is 7. The molecule has 24 heavy (non-hydrogen) atoms. The lowest BCUT2D eigenvalue weighted by Gasteiger charge is -2.09. The number of carbonyl (C=O) groups excluding carboxylic acids is 1. The predicted molar refractivity (Wildman–Crippen MR) is 89.4 cm³/mol. The molecular formula is C17H18N2O5. The Hall–Kier alpha value is -2.93. The first-order chi connectivity index (χ1) is 11.5. The number of anilines is 1. The molecule has 1 amide bonds. The van der Waals surface area contributed by atoms with E-state index in [1.807, 2.05) is 6.07 Å². The van der Waals surface area contributed by atoms with Crippen molar-refractivity contribution in [3.63, 3.8) is 0 Å². The van der Waals surface area contributed by atoms with Crippen LogP contribution in [0.4, 0.5) is 11.4 Å². The Morgan fingerprint density at radius 1 is 1.25 bits per heavy atom. The van der Waals surface area contributed by atoms with Crippen LogP contribution in [0.5, 0.6) is 5.75 Å². The van der Waals surface area contributed by atoms with Crippen molar-refractivity contribution >= 4 is 17.3 Å². The Morgan fingerprint density at radius 2 is 2.04 bits per heavy atom. The molecule has 0 atom stereocenters. The van der Waals surface area contributed by atoms with Crippen molar-refractivity contribution in [2.75, 3.05) is 19.0 Å². The van der Waals surface area contributed by atoms with Crippen molar-refractivity contribution in [2.24, 2.45) is 0 Å². The third-order valence-electron chi connectivity index (χ3n) is 3.21. The molecule has 2 aromatic carbocycles. The summed E-state index contributed by atoms with van der Waals surface area (Å²) in [4.78, 5) is 22.9. The average molecular weight is 330 g/mol. The summed E-state index contributed by atoms with van der Waals surface area (Å²) in [7, 11) is 1.59. The highest BCUT2D eigenvalue weighted by atomic mass is 16.6. The third-order valence-corrected chi connectivity index (χ3v) is 3.21. The Balaban J connectivity index is 2.22. The second kappa shape index (κ2) is 8.07. The molecule has 126 valence electrons. The van der Waals surface area contributed by atoms with Crippen molar-refractivity contribution in [2.45, 2.75) is 13.5 Å². The molecule has 7 nitrogen and oxygen atoms in total. The summed E-state index contributed by atoms with van der Waals surface area (Å²) in [6, 6.07) is 11.3. The Kier molecular flexibility index (Phi) is 5.86. The van der Waals surface area contributed by atoms with E-state index >= 15 is 0 Å². The Bertz CT molecular complexity index is 746. The zero-order valence-electron chi connectivity index (χ0n) is 13.4. The van der Waals surface area contributed by atoms with Crippen molar-refractivity contribution < 1.29 is 19.2 Å². The van der Waals surface area contributed by atoms with Gasteiger partial charge < -0.3 is 14.8 Å². The minimum atomic E-state index is -0.568. The standard InChI is InChI=1S/C17H18N2O5/c1-3-24-16-8-7-13(10-15(16)19(21)22)17(20)18-14-6-4-5-12(9-14)11-23-2/h4-10H,3,11H2,1-2H3,(H,18,20). The lowest BCUT2D eigenvalue weighted by atomic mass is 10.1. The number of ether oxygens (including phenoxy) is 2. The Morgan fingerprint density at radius 3 is 2.71 bits per heavy atom. The van der Waals surface area contributed by atoms with Crippen LogP contribution in [0.15, 0.2) is 42.5 Å². The molecule has 0 aromatic heterocycles. The molecule has 0 radical (unpaired) electrons. The van der Waals surface area contributed by atoms with Crippen LogP contribution in [0.25, 0.3) is 0 Å². The van der Waals surface area contributed by atoms with Gasteiger partial charge in [0.15, 0.2) is 5.75 Å². The van der Waals surface area contributed by atoms with Gasteiger partial charge in [0, 0.05) is 24.4 Å². The zero-order chi connectivity index (χ0) is 17.5. The highest BCUT2D eigenvalue weighted by molar-refractivity contribution is 6.04. The maximum atomic E-state index is 12.3. The van der Waals surface area contributed by atoms with E-state index in [0.717, 1.165) is 5.56 Å². The number of nitro groups is 1. The fourth-order valence-electron chi connectivity index (χ4n) is 2.19. The first-order valence-corrected chi connectivity index (χ1v) is 7.35.